The van der Waals surface area contributed by atoms with Gasteiger partial charge in [-0.05, 0) is 56.0 Å². The van der Waals surface area contributed by atoms with Crippen molar-refractivity contribution in [2.24, 2.45) is 5.92 Å². The van der Waals surface area contributed by atoms with E-state index in [2.05, 4.69) is 10.1 Å². The Balaban J connectivity index is 0.000000418. The minimum Gasteiger partial charge on any atom is -0.496 e. The number of piperidine rings is 1. The molecule has 0 aliphatic carbocycles. The zero-order valence-electron chi connectivity index (χ0n) is 26.6. The number of carboxylic acids is 1. The maximum absolute atomic E-state index is 14.1. The fourth-order valence-electron chi connectivity index (χ4n) is 6.44. The van der Waals surface area contributed by atoms with Gasteiger partial charge in [-0.3, -0.25) is 14.4 Å². The molecule has 3 aliphatic rings. The predicted molar refractivity (Wildman–Crippen MR) is 174 cm³/mol. The smallest absolute Gasteiger partial charge is 0.425 e. The van der Waals surface area contributed by atoms with Gasteiger partial charge in [0.25, 0.3) is 0 Å². The van der Waals surface area contributed by atoms with Crippen LogP contribution in [0.4, 0.5) is 26.3 Å². The van der Waals surface area contributed by atoms with E-state index >= 15 is 0 Å². The third-order valence-electron chi connectivity index (χ3n) is 8.62. The fraction of sp³-hybridized carbons (Fsp3) is 0.531. The third-order valence-corrected chi connectivity index (χ3v) is 10.9. The molecule has 0 aromatic carbocycles. The molecule has 0 radical (unpaired) electrons. The number of carboxylic acid groups (broad SMARTS) is 1. The summed E-state index contributed by atoms with van der Waals surface area (Å²) in [6.45, 7) is 2.58. The molecule has 5 rings (SSSR count). The van der Waals surface area contributed by atoms with Crippen LogP contribution < -0.4 is 10.1 Å². The van der Waals surface area contributed by atoms with Crippen molar-refractivity contribution in [2.75, 3.05) is 20.2 Å². The Hall–Kier alpha value is -3.24. The van der Waals surface area contributed by atoms with Crippen LogP contribution in [-0.2, 0) is 27.0 Å². The molecule has 270 valence electrons. The lowest BCUT2D eigenvalue weighted by Crippen LogP contribution is -2.59. The van der Waals surface area contributed by atoms with Gasteiger partial charge in [0.15, 0.2) is 0 Å². The minimum atomic E-state index is -4.67. The largest absolute Gasteiger partial charge is 0.496 e. The maximum atomic E-state index is 14.1. The maximum Gasteiger partial charge on any atom is 0.425 e. The number of alkyl halides is 6. The number of nitrogens with one attached hydrogen (secondary N) is 1. The lowest BCUT2D eigenvalue weighted by atomic mass is 9.83. The Bertz CT molecular complexity index is 1560. The van der Waals surface area contributed by atoms with Crippen LogP contribution in [0, 0.1) is 5.92 Å². The molecule has 49 heavy (non-hydrogen) atoms. The van der Waals surface area contributed by atoms with E-state index in [9.17, 15) is 45.8 Å². The Kier molecular flexibility index (Phi) is 12.7. The van der Waals surface area contributed by atoms with Crippen molar-refractivity contribution < 1.29 is 50.6 Å². The van der Waals surface area contributed by atoms with Crippen molar-refractivity contribution in [3.63, 3.8) is 0 Å². The fourth-order valence-corrected chi connectivity index (χ4v) is 8.49. The highest BCUT2D eigenvalue weighted by molar-refractivity contribution is 7.16. The van der Waals surface area contributed by atoms with Gasteiger partial charge < -0.3 is 25.0 Å². The van der Waals surface area contributed by atoms with E-state index in [1.807, 2.05) is 6.92 Å². The minimum absolute atomic E-state index is 0.123. The molecule has 8 nitrogen and oxygen atoms in total. The number of thiophene rings is 2. The van der Waals surface area contributed by atoms with E-state index in [0.717, 1.165) is 22.6 Å². The van der Waals surface area contributed by atoms with Crippen molar-refractivity contribution >= 4 is 52.1 Å². The Morgan fingerprint density at radius 2 is 1.80 bits per heavy atom. The van der Waals surface area contributed by atoms with Crippen LogP contribution in [0.25, 0.3) is 0 Å². The number of carbonyl (C=O) groups excluding carboxylic acids is 2. The first-order chi connectivity index (χ1) is 23.1. The van der Waals surface area contributed by atoms with Gasteiger partial charge in [-0.2, -0.15) is 26.3 Å². The molecule has 1 fully saturated rings. The predicted octanol–water partition coefficient (Wildman–Crippen LogP) is 7.85. The number of fused-ring (bicyclic) bond motifs is 1. The van der Waals surface area contributed by atoms with Crippen molar-refractivity contribution in [3.8, 4) is 5.75 Å². The summed E-state index contributed by atoms with van der Waals surface area (Å²) in [6, 6.07) is 0.195. The van der Waals surface area contributed by atoms with Crippen LogP contribution in [0.3, 0.4) is 0 Å². The molecule has 4 atom stereocenters. The van der Waals surface area contributed by atoms with Crippen LogP contribution in [0.5, 0.6) is 5.75 Å². The van der Waals surface area contributed by atoms with Crippen molar-refractivity contribution in [1.82, 2.24) is 15.1 Å². The number of hydrogen-bond acceptors (Lipinski definition) is 7. The van der Waals surface area contributed by atoms with E-state index in [1.54, 1.807) is 11.0 Å². The summed E-state index contributed by atoms with van der Waals surface area (Å²) in [4.78, 5) is 42.5. The molecular formula is C32H36ClF6N3O5S2. The molecule has 2 aromatic rings. The van der Waals surface area contributed by atoms with Gasteiger partial charge in [0, 0.05) is 41.9 Å². The quantitative estimate of drug-likeness (QED) is 0.267. The summed E-state index contributed by atoms with van der Waals surface area (Å²) in [5.74, 6) is -2.18. The average molecular weight is 756 g/mol. The number of aliphatic carboxylic acids is 1. The number of hydrogen-bond donors (Lipinski definition) is 2. The van der Waals surface area contributed by atoms with Crippen LogP contribution in [0.2, 0.25) is 4.34 Å². The van der Waals surface area contributed by atoms with Gasteiger partial charge >= 0.3 is 18.3 Å². The zero-order chi connectivity index (χ0) is 36.1. The molecule has 2 aromatic heterocycles. The molecule has 0 saturated carbocycles. The number of amides is 2. The van der Waals surface area contributed by atoms with E-state index in [0.29, 0.717) is 54.3 Å². The molecule has 0 spiro atoms. The van der Waals surface area contributed by atoms with Crippen LogP contribution in [-0.4, -0.2) is 71.1 Å². The number of rotatable bonds is 8. The van der Waals surface area contributed by atoms with Crippen LogP contribution in [0.15, 0.2) is 41.4 Å². The number of ether oxygens (including phenoxy) is 1. The summed E-state index contributed by atoms with van der Waals surface area (Å²) in [7, 11) is 1.34. The molecule has 2 amide bonds. The number of halogens is 7. The summed E-state index contributed by atoms with van der Waals surface area (Å²) >= 11 is 8.31. The van der Waals surface area contributed by atoms with Gasteiger partial charge in [-0.1, -0.05) is 31.0 Å². The van der Waals surface area contributed by atoms with E-state index in [4.69, 9.17) is 11.6 Å². The highest BCUT2D eigenvalue weighted by Crippen LogP contribution is 2.42. The SMILES string of the molecule is CCC[C@@H]1[C@H](C(=O)N2CCc3sc(Cl)cc3C2CCC(=O)O)CCCN1C(=O)C1NC=CC=C1C(F)(F)F.COc1csc(C(F)(F)F)c1. The van der Waals surface area contributed by atoms with Gasteiger partial charge in [-0.25, -0.2) is 0 Å². The highest BCUT2D eigenvalue weighted by Gasteiger charge is 2.47. The second-order valence-corrected chi connectivity index (χ2v) is 14.4. The molecule has 1 saturated heterocycles. The summed E-state index contributed by atoms with van der Waals surface area (Å²) in [5, 5.41) is 13.2. The van der Waals surface area contributed by atoms with Crippen molar-refractivity contribution in [1.29, 1.82) is 0 Å². The average Bonchev–Trinajstić information content (AvgIpc) is 3.70. The summed E-state index contributed by atoms with van der Waals surface area (Å²) in [5.41, 5.74) is -0.102. The molecular weight excluding hydrogens is 720 g/mol. The van der Waals surface area contributed by atoms with Crippen LogP contribution in [0.1, 0.15) is 66.8 Å². The van der Waals surface area contributed by atoms with Crippen LogP contribution >= 0.6 is 34.3 Å². The summed E-state index contributed by atoms with van der Waals surface area (Å²) < 4.78 is 81.9. The number of nitrogens with zero attached hydrogens (tertiary/aromatic N) is 2. The lowest BCUT2D eigenvalue weighted by Gasteiger charge is -2.46. The van der Waals surface area contributed by atoms with E-state index < -0.39 is 58.7 Å². The lowest BCUT2D eigenvalue weighted by molar-refractivity contribution is -0.150. The summed E-state index contributed by atoms with van der Waals surface area (Å²) in [6.07, 6.45) is -2.67. The van der Waals surface area contributed by atoms with Gasteiger partial charge in [0.05, 0.1) is 29.0 Å². The van der Waals surface area contributed by atoms with Crippen molar-refractivity contribution in [3.05, 3.63) is 61.1 Å². The highest BCUT2D eigenvalue weighted by atomic mass is 35.5. The number of carbonyl (C=O) groups is 3. The third kappa shape index (κ3) is 9.31. The molecule has 2 N–H and O–H groups in total. The first-order valence-corrected chi connectivity index (χ1v) is 17.6. The van der Waals surface area contributed by atoms with Crippen molar-refractivity contribution in [2.45, 2.75) is 82.3 Å². The number of likely N-dealkylation sites (tertiary alicyclic amines) is 1. The molecule has 3 aliphatic heterocycles. The monoisotopic (exact) mass is 755 g/mol. The number of allylic oxidation sites excluding steroid dienone is 2. The number of methoxy groups -OCH3 is 1. The normalized spacial score (nSPS) is 22.3. The second kappa shape index (κ2) is 16.2. The zero-order valence-corrected chi connectivity index (χ0v) is 29.0. The molecule has 0 bridgehead atoms. The Morgan fingerprint density at radius 1 is 1.06 bits per heavy atom. The Morgan fingerprint density at radius 3 is 2.39 bits per heavy atom. The van der Waals surface area contributed by atoms with Gasteiger partial charge in [0.1, 0.15) is 16.7 Å². The molecule has 2 unspecified atom stereocenters. The molecule has 17 heteroatoms. The first-order valence-electron chi connectivity index (χ1n) is 15.6. The second-order valence-electron chi connectivity index (χ2n) is 11.7. The number of dihydropyridines is 1. The van der Waals surface area contributed by atoms with Gasteiger partial charge in [0.2, 0.25) is 11.8 Å². The standard InChI is InChI=1S/C26H31ClF3N3O4S.C6H5F3OS/c1-2-5-18-15(6-4-12-32(18)25(37)23-17(26(28,29)30)7-3-11-31-23)24(36)33-13-10-20-16(14-21(27)38-20)19(33)8-9-22(34)35;1-10-4-2-5(11-3-4)6(7,8)9/h3,7,11,14-15,18-19,23,31H,2,4-6,8-10,12-13H2,1H3,(H,34,35);2-3H,1H3/t15-,18-,19?,23?;/m1./s1. The van der Waals surface area contributed by atoms with E-state index in [-0.39, 0.29) is 31.0 Å². The first kappa shape index (κ1) is 38.6. The molecule has 5 heterocycles. The topological polar surface area (TPSA) is 99.2 Å². The van der Waals surface area contributed by atoms with E-state index in [1.165, 1.54) is 41.0 Å². The van der Waals surface area contributed by atoms with Gasteiger partial charge in [-0.15, -0.1) is 22.7 Å². The Labute approximate surface area is 292 Å².